The number of rotatable bonds is 3. The van der Waals surface area contributed by atoms with Gasteiger partial charge in [-0.3, -0.25) is 4.79 Å². The molecule has 1 amide bonds. The summed E-state index contributed by atoms with van der Waals surface area (Å²) in [7, 11) is 0. The minimum absolute atomic E-state index is 0.00650. The van der Waals surface area contributed by atoms with Crippen molar-refractivity contribution in [3.8, 4) is 0 Å². The molecule has 1 aliphatic heterocycles. The third-order valence-electron chi connectivity index (χ3n) is 6.50. The van der Waals surface area contributed by atoms with E-state index in [0.29, 0.717) is 6.42 Å². The number of hydrogen-bond acceptors (Lipinski definition) is 2. The minimum atomic E-state index is 0.00650. The number of fused-ring (bicyclic) bond motifs is 5. The highest BCUT2D eigenvalue weighted by molar-refractivity contribution is 5.93. The zero-order valence-corrected chi connectivity index (χ0v) is 16.8. The van der Waals surface area contributed by atoms with Crippen molar-refractivity contribution in [2.75, 3.05) is 23.3 Å². The van der Waals surface area contributed by atoms with Crippen molar-refractivity contribution >= 4 is 17.3 Å². The Bertz CT molecular complexity index is 715. The molecule has 1 heterocycles. The maximum Gasteiger partial charge on any atom is 0.224 e. The Morgan fingerprint density at radius 3 is 2.12 bits per heavy atom. The van der Waals surface area contributed by atoms with Gasteiger partial charge in [0.25, 0.3) is 0 Å². The van der Waals surface area contributed by atoms with Crippen LogP contribution in [0.2, 0.25) is 0 Å². The van der Waals surface area contributed by atoms with Gasteiger partial charge < -0.3 is 10.2 Å². The van der Waals surface area contributed by atoms with E-state index in [0.717, 1.165) is 29.4 Å². The van der Waals surface area contributed by atoms with Crippen LogP contribution in [0.5, 0.6) is 0 Å². The number of hydrogen-bond donors (Lipinski definition) is 1. The summed E-state index contributed by atoms with van der Waals surface area (Å²) in [5.41, 5.74) is 4.65. The van der Waals surface area contributed by atoms with E-state index >= 15 is 0 Å². The molecule has 26 heavy (non-hydrogen) atoms. The fraction of sp³-hybridized carbons (Fsp3) is 0.609. The predicted molar refractivity (Wildman–Crippen MR) is 109 cm³/mol. The van der Waals surface area contributed by atoms with Gasteiger partial charge in [-0.05, 0) is 72.6 Å². The van der Waals surface area contributed by atoms with E-state index in [-0.39, 0.29) is 11.3 Å². The lowest BCUT2D eigenvalue weighted by molar-refractivity contribution is -0.117. The maximum atomic E-state index is 12.4. The highest BCUT2D eigenvalue weighted by Crippen LogP contribution is 2.52. The fourth-order valence-corrected chi connectivity index (χ4v) is 5.35. The largest absolute Gasteiger partial charge is 0.371 e. The summed E-state index contributed by atoms with van der Waals surface area (Å²) < 4.78 is 0. The number of anilines is 2. The van der Waals surface area contributed by atoms with Crippen LogP contribution >= 0.6 is 0 Å². The molecular weight excluding hydrogens is 320 g/mol. The molecule has 1 saturated carbocycles. The summed E-state index contributed by atoms with van der Waals surface area (Å²) in [6.45, 7) is 12.9. The second kappa shape index (κ2) is 6.14. The number of allylic oxidation sites excluding steroid dienone is 2. The Hall–Kier alpha value is -1.77. The summed E-state index contributed by atoms with van der Waals surface area (Å²) in [6, 6.07) is 4.52. The van der Waals surface area contributed by atoms with E-state index in [1.54, 1.807) is 0 Å². The Kier molecular flexibility index (Phi) is 4.17. The molecule has 4 unspecified atom stereocenters. The molecule has 4 atom stereocenters. The van der Waals surface area contributed by atoms with Crippen molar-refractivity contribution in [3.63, 3.8) is 0 Å². The van der Waals surface area contributed by atoms with Gasteiger partial charge in [-0.25, -0.2) is 0 Å². The lowest BCUT2D eigenvalue weighted by atomic mass is 9.86. The van der Waals surface area contributed by atoms with Gasteiger partial charge in [-0.2, -0.15) is 0 Å². The van der Waals surface area contributed by atoms with Crippen molar-refractivity contribution in [1.82, 2.24) is 0 Å². The van der Waals surface area contributed by atoms with Crippen molar-refractivity contribution in [1.29, 1.82) is 0 Å². The summed E-state index contributed by atoms with van der Waals surface area (Å²) in [4.78, 5) is 14.9. The maximum absolute atomic E-state index is 12.4. The molecule has 4 rings (SSSR count). The van der Waals surface area contributed by atoms with Crippen LogP contribution in [0.3, 0.4) is 0 Å². The molecule has 1 aromatic rings. The van der Waals surface area contributed by atoms with E-state index in [9.17, 15) is 4.79 Å². The number of carbonyl (C=O) groups is 1. The van der Waals surface area contributed by atoms with E-state index < -0.39 is 0 Å². The summed E-state index contributed by atoms with van der Waals surface area (Å²) in [5.74, 6) is 3.42. The Balaban J connectivity index is 1.49. The van der Waals surface area contributed by atoms with Gasteiger partial charge >= 0.3 is 0 Å². The molecular formula is C23H32N2O. The summed E-state index contributed by atoms with van der Waals surface area (Å²) in [6.07, 6.45) is 6.85. The normalized spacial score (nSPS) is 29.3. The number of nitrogens with one attached hydrogen (secondary N) is 1. The second-order valence-corrected chi connectivity index (χ2v) is 9.92. The molecule has 0 spiro atoms. The van der Waals surface area contributed by atoms with Crippen LogP contribution < -0.4 is 10.2 Å². The molecule has 1 N–H and O–H groups in total. The topological polar surface area (TPSA) is 32.3 Å². The lowest BCUT2D eigenvalue weighted by Gasteiger charge is -2.24. The number of benzene rings is 1. The molecule has 140 valence electrons. The third kappa shape index (κ3) is 3.17. The SMILES string of the molecule is Cc1cc(N2CC3C4C=CC(C4)C3C2)cc(C)c1NC(=O)CC(C)(C)C. The minimum Gasteiger partial charge on any atom is -0.371 e. The standard InChI is InChI=1S/C23H32N2O/c1-14-8-18(9-15(2)22(14)24-21(26)11-23(3,4)5)25-12-19-16-6-7-17(10-16)20(19)13-25/h6-9,16-17,19-20H,10-13H2,1-5H3,(H,24,26). The van der Waals surface area contributed by atoms with E-state index in [1.807, 2.05) is 0 Å². The van der Waals surface area contributed by atoms with Crippen LogP contribution in [0.4, 0.5) is 11.4 Å². The van der Waals surface area contributed by atoms with E-state index in [2.05, 4.69) is 69.1 Å². The number of amides is 1. The average molecular weight is 353 g/mol. The molecule has 3 aliphatic rings. The van der Waals surface area contributed by atoms with Crippen LogP contribution in [-0.4, -0.2) is 19.0 Å². The van der Waals surface area contributed by atoms with Gasteiger partial charge in [0.1, 0.15) is 0 Å². The molecule has 3 heteroatoms. The predicted octanol–water partition coefficient (Wildman–Crippen LogP) is 4.94. The molecule has 1 aromatic carbocycles. The number of nitrogens with zero attached hydrogens (tertiary/aromatic N) is 1. The summed E-state index contributed by atoms with van der Waals surface area (Å²) >= 11 is 0. The van der Waals surface area contributed by atoms with Gasteiger partial charge in [-0.1, -0.05) is 32.9 Å². The first-order valence-corrected chi connectivity index (χ1v) is 10.1. The average Bonchev–Trinajstić information content (AvgIpc) is 3.20. The molecule has 1 saturated heterocycles. The highest BCUT2D eigenvalue weighted by Gasteiger charge is 2.49. The van der Waals surface area contributed by atoms with Crippen LogP contribution in [0.25, 0.3) is 0 Å². The Morgan fingerprint density at radius 2 is 1.62 bits per heavy atom. The Morgan fingerprint density at radius 1 is 1.08 bits per heavy atom. The number of carbonyl (C=O) groups excluding carboxylic acids is 1. The first-order chi connectivity index (χ1) is 12.2. The first kappa shape index (κ1) is 17.6. The van der Waals surface area contributed by atoms with E-state index in [4.69, 9.17) is 0 Å². The molecule has 2 bridgehead atoms. The van der Waals surface area contributed by atoms with Crippen LogP contribution in [0, 0.1) is 42.9 Å². The lowest BCUT2D eigenvalue weighted by Crippen LogP contribution is -2.23. The fourth-order valence-electron chi connectivity index (χ4n) is 5.35. The van der Waals surface area contributed by atoms with Gasteiger partial charge in [0, 0.05) is 30.9 Å². The quantitative estimate of drug-likeness (QED) is 0.782. The summed E-state index contributed by atoms with van der Waals surface area (Å²) in [5, 5.41) is 3.15. The zero-order chi connectivity index (χ0) is 18.6. The monoisotopic (exact) mass is 352 g/mol. The third-order valence-corrected chi connectivity index (χ3v) is 6.50. The molecule has 2 fully saturated rings. The van der Waals surface area contributed by atoms with Crippen molar-refractivity contribution in [3.05, 3.63) is 35.4 Å². The van der Waals surface area contributed by atoms with Gasteiger partial charge in [-0.15, -0.1) is 0 Å². The van der Waals surface area contributed by atoms with Crippen LogP contribution in [-0.2, 0) is 4.79 Å². The number of aryl methyl sites for hydroxylation is 2. The highest BCUT2D eigenvalue weighted by atomic mass is 16.1. The van der Waals surface area contributed by atoms with Crippen LogP contribution in [0.15, 0.2) is 24.3 Å². The van der Waals surface area contributed by atoms with E-state index in [1.165, 1.54) is 36.3 Å². The van der Waals surface area contributed by atoms with Gasteiger partial charge in [0.05, 0.1) is 0 Å². The zero-order valence-electron chi connectivity index (χ0n) is 16.8. The van der Waals surface area contributed by atoms with Gasteiger partial charge in [0.2, 0.25) is 5.91 Å². The Labute approximate surface area is 157 Å². The molecule has 0 radical (unpaired) electrons. The van der Waals surface area contributed by atoms with Crippen molar-refractivity contribution in [2.24, 2.45) is 29.1 Å². The van der Waals surface area contributed by atoms with Crippen molar-refractivity contribution < 1.29 is 4.79 Å². The second-order valence-electron chi connectivity index (χ2n) is 9.92. The van der Waals surface area contributed by atoms with Crippen molar-refractivity contribution in [2.45, 2.75) is 47.5 Å². The van der Waals surface area contributed by atoms with Gasteiger partial charge in [0.15, 0.2) is 0 Å². The molecule has 0 aromatic heterocycles. The first-order valence-electron chi connectivity index (χ1n) is 10.1. The molecule has 3 nitrogen and oxygen atoms in total. The smallest absolute Gasteiger partial charge is 0.224 e. The van der Waals surface area contributed by atoms with Crippen LogP contribution in [0.1, 0.15) is 44.7 Å². The molecule has 2 aliphatic carbocycles.